The van der Waals surface area contributed by atoms with Crippen LogP contribution in [0.1, 0.15) is 24.2 Å². The second-order valence-corrected chi connectivity index (χ2v) is 5.07. The molecule has 1 aromatic carbocycles. The first-order valence-electron chi connectivity index (χ1n) is 7.35. The maximum absolute atomic E-state index is 11.7. The number of hydrogen-bond acceptors (Lipinski definition) is 4. The molecule has 120 valence electrons. The first-order chi connectivity index (χ1) is 11.1. The molecule has 0 saturated heterocycles. The predicted molar refractivity (Wildman–Crippen MR) is 86.6 cm³/mol. The zero-order valence-corrected chi connectivity index (χ0v) is 12.9. The highest BCUT2D eigenvalue weighted by Gasteiger charge is 2.09. The Morgan fingerprint density at radius 2 is 2.00 bits per heavy atom. The van der Waals surface area contributed by atoms with E-state index in [-0.39, 0.29) is 18.4 Å². The monoisotopic (exact) mass is 313 g/mol. The molecule has 0 unspecified atom stereocenters. The number of ether oxygens (including phenoxy) is 1. The molecule has 5 nitrogen and oxygen atoms in total. The third-order valence-corrected chi connectivity index (χ3v) is 3.25. The van der Waals surface area contributed by atoms with Crippen LogP contribution in [0.5, 0.6) is 0 Å². The van der Waals surface area contributed by atoms with Gasteiger partial charge in [-0.2, -0.15) is 0 Å². The molecule has 2 aromatic rings. The van der Waals surface area contributed by atoms with E-state index in [4.69, 9.17) is 9.15 Å². The van der Waals surface area contributed by atoms with Gasteiger partial charge in [0.2, 0.25) is 0 Å². The summed E-state index contributed by atoms with van der Waals surface area (Å²) in [5.74, 6) is -0.182. The highest BCUT2D eigenvalue weighted by atomic mass is 16.5. The minimum Gasteiger partial charge on any atom is -0.465 e. The quantitative estimate of drug-likeness (QED) is 0.630. The van der Waals surface area contributed by atoms with Gasteiger partial charge in [-0.3, -0.25) is 4.79 Å². The van der Waals surface area contributed by atoms with E-state index in [0.717, 1.165) is 5.56 Å². The van der Waals surface area contributed by atoms with Gasteiger partial charge < -0.3 is 14.5 Å². The van der Waals surface area contributed by atoms with Crippen molar-refractivity contribution in [2.75, 3.05) is 13.2 Å². The molecule has 5 heteroatoms. The normalized spacial score (nSPS) is 12.0. The Hall–Kier alpha value is -2.82. The third-order valence-electron chi connectivity index (χ3n) is 3.25. The largest absolute Gasteiger partial charge is 0.465 e. The summed E-state index contributed by atoms with van der Waals surface area (Å²) in [6.07, 6.45) is 4.21. The van der Waals surface area contributed by atoms with E-state index in [2.05, 4.69) is 5.32 Å². The summed E-state index contributed by atoms with van der Waals surface area (Å²) in [6.45, 7) is 2.21. The van der Waals surface area contributed by atoms with Crippen molar-refractivity contribution in [3.63, 3.8) is 0 Å². The fourth-order valence-electron chi connectivity index (χ4n) is 1.94. The Labute approximate surface area is 134 Å². The lowest BCUT2D eigenvalue weighted by molar-refractivity contribution is -0.143. The molecule has 1 N–H and O–H groups in total. The zero-order valence-electron chi connectivity index (χ0n) is 12.9. The van der Waals surface area contributed by atoms with Gasteiger partial charge in [-0.15, -0.1) is 0 Å². The van der Waals surface area contributed by atoms with Crippen molar-refractivity contribution in [3.8, 4) is 0 Å². The van der Waals surface area contributed by atoms with E-state index >= 15 is 0 Å². The molecule has 2 rings (SSSR count). The van der Waals surface area contributed by atoms with Crippen molar-refractivity contribution >= 4 is 18.0 Å². The van der Waals surface area contributed by atoms with Crippen molar-refractivity contribution in [1.29, 1.82) is 0 Å². The van der Waals surface area contributed by atoms with E-state index in [1.165, 1.54) is 18.4 Å². The summed E-state index contributed by atoms with van der Waals surface area (Å²) in [4.78, 5) is 23.2. The minimum atomic E-state index is -0.590. The summed E-state index contributed by atoms with van der Waals surface area (Å²) in [6, 6.07) is 13.3. The van der Waals surface area contributed by atoms with Gasteiger partial charge in [-0.25, -0.2) is 4.79 Å². The van der Waals surface area contributed by atoms with Gasteiger partial charge in [0.1, 0.15) is 5.76 Å². The summed E-state index contributed by atoms with van der Waals surface area (Å²) in [5.41, 5.74) is 1.14. The van der Waals surface area contributed by atoms with Gasteiger partial charge in [0.05, 0.1) is 6.26 Å². The molecule has 1 heterocycles. The molecular formula is C18H19NO4. The third kappa shape index (κ3) is 5.82. The topological polar surface area (TPSA) is 68.5 Å². The van der Waals surface area contributed by atoms with E-state index in [1.807, 2.05) is 37.3 Å². The van der Waals surface area contributed by atoms with E-state index < -0.39 is 5.97 Å². The molecule has 0 aliphatic rings. The number of hydrogen-bond donors (Lipinski definition) is 1. The number of nitrogens with one attached hydrogen (secondary N) is 1. The lowest BCUT2D eigenvalue weighted by Gasteiger charge is -2.12. The summed E-state index contributed by atoms with van der Waals surface area (Å²) >= 11 is 0. The number of esters is 1. The molecule has 0 aliphatic heterocycles. The maximum Gasteiger partial charge on any atom is 0.331 e. The second kappa shape index (κ2) is 8.58. The van der Waals surface area contributed by atoms with Crippen LogP contribution in [-0.4, -0.2) is 25.0 Å². The lowest BCUT2D eigenvalue weighted by atomic mass is 10.0. The van der Waals surface area contributed by atoms with Crippen LogP contribution in [0.4, 0.5) is 0 Å². The van der Waals surface area contributed by atoms with Crippen molar-refractivity contribution in [2.24, 2.45) is 0 Å². The SMILES string of the molecule is C[C@H](CNC(=O)COC(=O)/C=C/c1ccco1)c1ccccc1. The average Bonchev–Trinajstić information content (AvgIpc) is 3.10. The molecule has 1 aromatic heterocycles. The maximum atomic E-state index is 11.7. The first kappa shape index (κ1) is 16.5. The van der Waals surface area contributed by atoms with Gasteiger partial charge >= 0.3 is 5.97 Å². The second-order valence-electron chi connectivity index (χ2n) is 5.07. The van der Waals surface area contributed by atoms with Crippen molar-refractivity contribution in [1.82, 2.24) is 5.32 Å². The molecule has 0 radical (unpaired) electrons. The van der Waals surface area contributed by atoms with Gasteiger partial charge in [0, 0.05) is 12.6 Å². The number of benzene rings is 1. The number of carbonyl (C=O) groups excluding carboxylic acids is 2. The van der Waals surface area contributed by atoms with Crippen LogP contribution in [0.25, 0.3) is 6.08 Å². The Balaban J connectivity index is 1.68. The fraction of sp³-hybridized carbons (Fsp3) is 0.222. The Morgan fingerprint density at radius 3 is 2.70 bits per heavy atom. The first-order valence-corrected chi connectivity index (χ1v) is 7.35. The Bertz CT molecular complexity index is 647. The standard InChI is InChI=1S/C18H19NO4/c1-14(15-6-3-2-4-7-15)12-19-17(20)13-23-18(21)10-9-16-8-5-11-22-16/h2-11,14H,12-13H2,1H3,(H,19,20)/b10-9+/t14-/m1/s1. The van der Waals surface area contributed by atoms with Crippen LogP contribution in [0.15, 0.2) is 59.2 Å². The Kier molecular flexibility index (Phi) is 6.17. The van der Waals surface area contributed by atoms with Crippen LogP contribution in [0.2, 0.25) is 0 Å². The lowest BCUT2D eigenvalue weighted by Crippen LogP contribution is -2.31. The highest BCUT2D eigenvalue weighted by molar-refractivity contribution is 5.88. The molecule has 0 spiro atoms. The van der Waals surface area contributed by atoms with Crippen LogP contribution in [-0.2, 0) is 14.3 Å². The van der Waals surface area contributed by atoms with Gasteiger partial charge in [0.15, 0.2) is 6.61 Å². The Morgan fingerprint density at radius 1 is 1.22 bits per heavy atom. The molecule has 1 amide bonds. The summed E-state index contributed by atoms with van der Waals surface area (Å²) in [5, 5.41) is 2.75. The molecule has 1 atom stereocenters. The van der Waals surface area contributed by atoms with Crippen LogP contribution < -0.4 is 5.32 Å². The predicted octanol–water partition coefficient (Wildman–Crippen LogP) is 2.76. The number of amides is 1. The molecule has 0 fully saturated rings. The fourth-order valence-corrected chi connectivity index (χ4v) is 1.94. The number of carbonyl (C=O) groups is 2. The van der Waals surface area contributed by atoms with Crippen molar-refractivity contribution < 1.29 is 18.7 Å². The van der Waals surface area contributed by atoms with E-state index in [0.29, 0.717) is 12.3 Å². The molecule has 0 aliphatic carbocycles. The smallest absolute Gasteiger partial charge is 0.331 e. The van der Waals surface area contributed by atoms with Crippen molar-refractivity contribution in [3.05, 3.63) is 66.1 Å². The zero-order chi connectivity index (χ0) is 16.5. The molecule has 0 saturated carbocycles. The van der Waals surface area contributed by atoms with E-state index in [1.54, 1.807) is 12.1 Å². The highest BCUT2D eigenvalue weighted by Crippen LogP contribution is 2.12. The molecular weight excluding hydrogens is 294 g/mol. The van der Waals surface area contributed by atoms with Gasteiger partial charge in [0.25, 0.3) is 5.91 Å². The average molecular weight is 313 g/mol. The minimum absolute atomic E-state index is 0.190. The van der Waals surface area contributed by atoms with Crippen LogP contribution in [0.3, 0.4) is 0 Å². The number of rotatable bonds is 7. The van der Waals surface area contributed by atoms with Gasteiger partial charge in [-0.05, 0) is 29.7 Å². The van der Waals surface area contributed by atoms with Crippen LogP contribution in [0, 0.1) is 0 Å². The molecule has 0 bridgehead atoms. The molecule has 23 heavy (non-hydrogen) atoms. The number of furan rings is 1. The summed E-state index contributed by atoms with van der Waals surface area (Å²) in [7, 11) is 0. The van der Waals surface area contributed by atoms with Crippen molar-refractivity contribution in [2.45, 2.75) is 12.8 Å². The van der Waals surface area contributed by atoms with Crippen LogP contribution >= 0.6 is 0 Å². The van der Waals surface area contributed by atoms with Gasteiger partial charge in [-0.1, -0.05) is 37.3 Å². The van der Waals surface area contributed by atoms with E-state index in [9.17, 15) is 9.59 Å². The summed E-state index contributed by atoms with van der Waals surface area (Å²) < 4.78 is 9.90.